The molecule has 1 saturated carbocycles. The van der Waals surface area contributed by atoms with E-state index in [1.807, 2.05) is 6.07 Å². The maximum absolute atomic E-state index is 13.3. The molecule has 1 aromatic carbocycles. The van der Waals surface area contributed by atoms with Crippen LogP contribution in [0.15, 0.2) is 24.3 Å². The molecule has 2 heteroatoms. The molecule has 0 aromatic heterocycles. The van der Waals surface area contributed by atoms with E-state index in [1.54, 1.807) is 12.1 Å². The molecule has 20 heavy (non-hydrogen) atoms. The van der Waals surface area contributed by atoms with E-state index in [0.717, 1.165) is 5.56 Å². The predicted molar refractivity (Wildman–Crippen MR) is 83.2 cm³/mol. The number of hydrogen-bond donors (Lipinski definition) is 1. The topological polar surface area (TPSA) is 12.0 Å². The van der Waals surface area contributed by atoms with Gasteiger partial charge in [-0.1, -0.05) is 45.7 Å². The lowest BCUT2D eigenvalue weighted by Crippen LogP contribution is -2.45. The van der Waals surface area contributed by atoms with Crippen LogP contribution in [0.5, 0.6) is 0 Å². The Kier molecular flexibility index (Phi) is 4.85. The first-order valence-corrected chi connectivity index (χ1v) is 7.89. The predicted octanol–water partition coefficient (Wildman–Crippen LogP) is 5.08. The summed E-state index contributed by atoms with van der Waals surface area (Å²) in [6.07, 6.45) is 5.19. The Balaban J connectivity index is 2.07. The van der Waals surface area contributed by atoms with Crippen molar-refractivity contribution in [3.63, 3.8) is 0 Å². The van der Waals surface area contributed by atoms with Crippen molar-refractivity contribution in [2.45, 2.75) is 65.5 Å². The third-order valence-corrected chi connectivity index (χ3v) is 4.69. The van der Waals surface area contributed by atoms with Crippen molar-refractivity contribution in [2.75, 3.05) is 0 Å². The van der Waals surface area contributed by atoms with Crippen LogP contribution in [0.2, 0.25) is 0 Å². The second kappa shape index (κ2) is 6.26. The largest absolute Gasteiger partial charge is 0.307 e. The molecule has 0 spiro atoms. The van der Waals surface area contributed by atoms with Crippen LogP contribution in [0.1, 0.15) is 65.0 Å². The number of benzene rings is 1. The Hall–Kier alpha value is -0.890. The molecular formula is C18H28FN. The van der Waals surface area contributed by atoms with E-state index in [-0.39, 0.29) is 11.9 Å². The first kappa shape index (κ1) is 15.5. The highest BCUT2D eigenvalue weighted by atomic mass is 19.1. The van der Waals surface area contributed by atoms with Gasteiger partial charge in [-0.3, -0.25) is 0 Å². The molecule has 0 radical (unpaired) electrons. The van der Waals surface area contributed by atoms with E-state index in [1.165, 1.54) is 31.7 Å². The van der Waals surface area contributed by atoms with Crippen molar-refractivity contribution < 1.29 is 4.39 Å². The zero-order chi connectivity index (χ0) is 14.8. The van der Waals surface area contributed by atoms with Gasteiger partial charge in [0.15, 0.2) is 0 Å². The van der Waals surface area contributed by atoms with Crippen molar-refractivity contribution in [1.29, 1.82) is 0 Å². The van der Waals surface area contributed by atoms with Gasteiger partial charge in [-0.05, 0) is 48.8 Å². The van der Waals surface area contributed by atoms with Crippen molar-refractivity contribution >= 4 is 0 Å². The molecule has 0 amide bonds. The first-order chi connectivity index (χ1) is 9.38. The minimum absolute atomic E-state index is 0.146. The van der Waals surface area contributed by atoms with Crippen LogP contribution >= 0.6 is 0 Å². The summed E-state index contributed by atoms with van der Waals surface area (Å²) in [7, 11) is 0. The second-order valence-electron chi connectivity index (χ2n) is 7.31. The Morgan fingerprint density at radius 2 is 1.90 bits per heavy atom. The van der Waals surface area contributed by atoms with E-state index in [9.17, 15) is 4.39 Å². The van der Waals surface area contributed by atoms with Gasteiger partial charge in [0.2, 0.25) is 0 Å². The van der Waals surface area contributed by atoms with Gasteiger partial charge in [0.05, 0.1) is 0 Å². The zero-order valence-corrected chi connectivity index (χ0v) is 13.2. The summed E-state index contributed by atoms with van der Waals surface area (Å²) in [5.41, 5.74) is 1.38. The van der Waals surface area contributed by atoms with Gasteiger partial charge in [0.1, 0.15) is 5.82 Å². The van der Waals surface area contributed by atoms with Crippen molar-refractivity contribution in [1.82, 2.24) is 5.32 Å². The Morgan fingerprint density at radius 1 is 1.20 bits per heavy atom. The van der Waals surface area contributed by atoms with Crippen molar-refractivity contribution in [3.8, 4) is 0 Å². The summed E-state index contributed by atoms with van der Waals surface area (Å²) < 4.78 is 13.3. The van der Waals surface area contributed by atoms with E-state index < -0.39 is 0 Å². The van der Waals surface area contributed by atoms with Crippen LogP contribution in [0.25, 0.3) is 0 Å². The van der Waals surface area contributed by atoms with E-state index in [2.05, 4.69) is 33.0 Å². The maximum atomic E-state index is 13.3. The lowest BCUT2D eigenvalue weighted by atomic mass is 9.69. The third kappa shape index (κ3) is 3.82. The first-order valence-electron chi connectivity index (χ1n) is 7.89. The molecule has 3 atom stereocenters. The van der Waals surface area contributed by atoms with Crippen LogP contribution in [-0.4, -0.2) is 6.04 Å². The fourth-order valence-corrected chi connectivity index (χ4v) is 3.56. The molecule has 1 aliphatic carbocycles. The quantitative estimate of drug-likeness (QED) is 0.812. The molecule has 2 rings (SSSR count). The van der Waals surface area contributed by atoms with E-state index >= 15 is 0 Å². The van der Waals surface area contributed by atoms with Crippen molar-refractivity contribution in [3.05, 3.63) is 35.6 Å². The Morgan fingerprint density at radius 3 is 2.55 bits per heavy atom. The lowest BCUT2D eigenvalue weighted by molar-refractivity contribution is 0.124. The number of nitrogens with one attached hydrogen (secondary N) is 1. The zero-order valence-electron chi connectivity index (χ0n) is 13.2. The van der Waals surface area contributed by atoms with Gasteiger partial charge >= 0.3 is 0 Å². The molecule has 0 bridgehead atoms. The fraction of sp³-hybridized carbons (Fsp3) is 0.667. The molecule has 1 aromatic rings. The molecule has 0 aliphatic heterocycles. The van der Waals surface area contributed by atoms with Crippen LogP contribution < -0.4 is 5.32 Å². The SMILES string of the molecule is C[C@H](NC1CCCCC1C(C)(C)C)c1cccc(F)c1. The summed E-state index contributed by atoms with van der Waals surface area (Å²) in [6, 6.07) is 7.71. The van der Waals surface area contributed by atoms with Crippen LogP contribution in [0.3, 0.4) is 0 Å². The average molecular weight is 277 g/mol. The molecule has 1 N–H and O–H groups in total. The summed E-state index contributed by atoms with van der Waals surface area (Å²) >= 11 is 0. The molecule has 112 valence electrons. The smallest absolute Gasteiger partial charge is 0.123 e. The summed E-state index contributed by atoms with van der Waals surface area (Å²) in [4.78, 5) is 0. The summed E-state index contributed by atoms with van der Waals surface area (Å²) in [5, 5.41) is 3.75. The molecule has 1 nitrogen and oxygen atoms in total. The van der Waals surface area contributed by atoms with E-state index in [0.29, 0.717) is 17.4 Å². The van der Waals surface area contributed by atoms with E-state index in [4.69, 9.17) is 0 Å². The highest BCUT2D eigenvalue weighted by Crippen LogP contribution is 2.38. The Bertz CT molecular complexity index is 435. The minimum atomic E-state index is -0.146. The maximum Gasteiger partial charge on any atom is 0.123 e. The van der Waals surface area contributed by atoms with Gasteiger partial charge in [-0.15, -0.1) is 0 Å². The number of rotatable bonds is 3. The van der Waals surface area contributed by atoms with Gasteiger partial charge in [-0.25, -0.2) is 4.39 Å². The number of halogens is 1. The standard InChI is InChI=1S/C18H28FN/c1-13(14-8-7-9-15(19)12-14)20-17-11-6-5-10-16(17)18(2,3)4/h7-9,12-13,16-17,20H,5-6,10-11H2,1-4H3/t13-,16?,17?/m0/s1. The lowest BCUT2D eigenvalue weighted by Gasteiger charge is -2.42. The molecule has 2 unspecified atom stereocenters. The highest BCUT2D eigenvalue weighted by Gasteiger charge is 2.34. The summed E-state index contributed by atoms with van der Waals surface area (Å²) in [6.45, 7) is 9.16. The molecular weight excluding hydrogens is 249 g/mol. The molecule has 1 aliphatic rings. The van der Waals surface area contributed by atoms with Crippen LogP contribution in [0.4, 0.5) is 4.39 Å². The summed E-state index contributed by atoms with van der Waals surface area (Å²) in [5.74, 6) is 0.555. The molecule has 0 heterocycles. The monoisotopic (exact) mass is 277 g/mol. The van der Waals surface area contributed by atoms with Crippen LogP contribution in [0, 0.1) is 17.2 Å². The van der Waals surface area contributed by atoms with Crippen LogP contribution in [-0.2, 0) is 0 Å². The molecule has 1 fully saturated rings. The van der Waals surface area contributed by atoms with Gasteiger partial charge < -0.3 is 5.32 Å². The fourth-order valence-electron chi connectivity index (χ4n) is 3.56. The normalized spacial score (nSPS) is 25.4. The third-order valence-electron chi connectivity index (χ3n) is 4.69. The Labute approximate surface area is 123 Å². The van der Waals surface area contributed by atoms with Gasteiger partial charge in [-0.2, -0.15) is 0 Å². The second-order valence-corrected chi connectivity index (χ2v) is 7.31. The minimum Gasteiger partial charge on any atom is -0.307 e. The van der Waals surface area contributed by atoms with Gasteiger partial charge in [0, 0.05) is 12.1 Å². The molecule has 0 saturated heterocycles. The number of hydrogen-bond acceptors (Lipinski definition) is 1. The average Bonchev–Trinajstić information content (AvgIpc) is 2.38. The van der Waals surface area contributed by atoms with Crippen molar-refractivity contribution in [2.24, 2.45) is 11.3 Å². The highest BCUT2D eigenvalue weighted by molar-refractivity contribution is 5.19. The van der Waals surface area contributed by atoms with Gasteiger partial charge in [0.25, 0.3) is 0 Å².